The van der Waals surface area contributed by atoms with Gasteiger partial charge in [0, 0.05) is 24.9 Å². The van der Waals surface area contributed by atoms with Crippen molar-refractivity contribution in [3.05, 3.63) is 35.6 Å². The Morgan fingerprint density at radius 3 is 2.38 bits per heavy atom. The minimum atomic E-state index is -1.06. The minimum absolute atomic E-state index is 0.0534. The highest BCUT2D eigenvalue weighted by molar-refractivity contribution is 5.32. The summed E-state index contributed by atoms with van der Waals surface area (Å²) in [4.78, 5) is 0. The molecule has 1 heterocycles. The van der Waals surface area contributed by atoms with Crippen molar-refractivity contribution in [2.45, 2.75) is 127 Å². The molecule has 1 aromatic carbocycles. The van der Waals surface area contributed by atoms with E-state index in [1.54, 1.807) is 19.1 Å². The number of hydrogen-bond acceptors (Lipinski definition) is 7. The van der Waals surface area contributed by atoms with E-state index in [4.69, 9.17) is 14.2 Å². The van der Waals surface area contributed by atoms with E-state index in [0.29, 0.717) is 18.3 Å². The molecule has 4 N–H and O–H groups in total. The fourth-order valence-electron chi connectivity index (χ4n) is 10.2. The molecule has 0 bridgehead atoms. The van der Waals surface area contributed by atoms with Crippen molar-refractivity contribution in [1.82, 2.24) is 0 Å². The number of hydrogen-bond donors (Lipinski definition) is 4. The molecule has 4 saturated carbocycles. The van der Waals surface area contributed by atoms with Gasteiger partial charge in [0.25, 0.3) is 0 Å². The lowest BCUT2D eigenvalue weighted by Crippen LogP contribution is -2.62. The van der Waals surface area contributed by atoms with Crippen LogP contribution in [0.25, 0.3) is 0 Å². The Labute approximate surface area is 237 Å². The molecule has 4 unspecified atom stereocenters. The normalized spacial score (nSPS) is 52.5. The van der Waals surface area contributed by atoms with Crippen molar-refractivity contribution in [2.75, 3.05) is 7.11 Å². The lowest BCUT2D eigenvalue weighted by Gasteiger charge is -2.63. The van der Waals surface area contributed by atoms with Gasteiger partial charge in [-0.15, -0.1) is 0 Å². The van der Waals surface area contributed by atoms with Gasteiger partial charge in [-0.3, -0.25) is 0 Å². The van der Waals surface area contributed by atoms with Gasteiger partial charge in [-0.05, 0) is 92.7 Å². The van der Waals surface area contributed by atoms with E-state index < -0.39 is 47.8 Å². The maximum atomic E-state index is 13.7. The number of fused-ring (bicyclic) bond motifs is 5. The molecule has 40 heavy (non-hydrogen) atoms. The van der Waals surface area contributed by atoms with Crippen LogP contribution in [0, 0.1) is 34.4 Å². The molecule has 6 rings (SSSR count). The number of benzene rings is 1. The van der Waals surface area contributed by atoms with Gasteiger partial charge in [-0.2, -0.15) is 0 Å². The summed E-state index contributed by atoms with van der Waals surface area (Å²) in [6.07, 6.45) is 1.98. The molecule has 0 aromatic heterocycles. The van der Waals surface area contributed by atoms with Crippen LogP contribution in [-0.4, -0.2) is 76.1 Å². The molecule has 14 atom stereocenters. The molecule has 1 saturated heterocycles. The van der Waals surface area contributed by atoms with Crippen LogP contribution in [0.3, 0.4) is 0 Å². The summed E-state index contributed by atoms with van der Waals surface area (Å²) in [5.74, 6) is 0.392. The fourth-order valence-corrected chi connectivity index (χ4v) is 10.2. The average molecular weight is 563 g/mol. The van der Waals surface area contributed by atoms with Crippen molar-refractivity contribution in [2.24, 2.45) is 28.6 Å². The fraction of sp³-hybridized carbons (Fsp3) is 0.812. The highest BCUT2D eigenvalue weighted by atomic mass is 19.1. The monoisotopic (exact) mass is 562 g/mol. The Hall–Kier alpha value is -1.13. The Morgan fingerprint density at radius 1 is 0.950 bits per heavy atom. The maximum absolute atomic E-state index is 13.7. The Morgan fingerprint density at radius 2 is 1.68 bits per heavy atom. The zero-order chi connectivity index (χ0) is 28.6. The summed E-state index contributed by atoms with van der Waals surface area (Å²) in [5, 5.41) is 44.9. The molecule has 1 aromatic rings. The van der Waals surface area contributed by atoms with Crippen LogP contribution in [0.1, 0.15) is 83.6 Å². The lowest BCUT2D eigenvalue weighted by molar-refractivity contribution is -0.313. The summed E-state index contributed by atoms with van der Waals surface area (Å²) in [6, 6.07) is 6.46. The third-order valence-corrected chi connectivity index (χ3v) is 12.4. The third-order valence-electron chi connectivity index (χ3n) is 12.4. The predicted octanol–water partition coefficient (Wildman–Crippen LogP) is 3.90. The van der Waals surface area contributed by atoms with Crippen molar-refractivity contribution < 1.29 is 39.0 Å². The van der Waals surface area contributed by atoms with Crippen molar-refractivity contribution in [3.63, 3.8) is 0 Å². The topological polar surface area (TPSA) is 109 Å². The van der Waals surface area contributed by atoms with E-state index in [9.17, 15) is 24.8 Å². The molecule has 1 aliphatic heterocycles. The van der Waals surface area contributed by atoms with Crippen LogP contribution < -0.4 is 0 Å². The van der Waals surface area contributed by atoms with Crippen LogP contribution in [-0.2, 0) is 14.2 Å². The number of methoxy groups -OCH3 is 1. The van der Waals surface area contributed by atoms with Gasteiger partial charge in [0.1, 0.15) is 24.1 Å². The second-order valence-electron chi connectivity index (χ2n) is 14.1. The summed E-state index contributed by atoms with van der Waals surface area (Å²) in [7, 11) is 1.48. The van der Waals surface area contributed by atoms with E-state index in [1.165, 1.54) is 19.2 Å². The van der Waals surface area contributed by atoms with Gasteiger partial charge in [0.15, 0.2) is 6.29 Å². The molecule has 8 heteroatoms. The minimum Gasteiger partial charge on any atom is -0.392 e. The zero-order valence-electron chi connectivity index (χ0n) is 24.2. The Balaban J connectivity index is 1.18. The van der Waals surface area contributed by atoms with Crippen molar-refractivity contribution in [3.8, 4) is 0 Å². The first-order valence-corrected chi connectivity index (χ1v) is 15.3. The van der Waals surface area contributed by atoms with Gasteiger partial charge < -0.3 is 34.6 Å². The van der Waals surface area contributed by atoms with Crippen LogP contribution in [0.5, 0.6) is 0 Å². The predicted molar refractivity (Wildman–Crippen MR) is 146 cm³/mol. The van der Waals surface area contributed by atoms with Crippen LogP contribution in [0.4, 0.5) is 4.39 Å². The molecule has 224 valence electrons. The third kappa shape index (κ3) is 4.23. The summed E-state index contributed by atoms with van der Waals surface area (Å²) >= 11 is 0. The molecular formula is C32H47FO7. The second kappa shape index (κ2) is 10.2. The van der Waals surface area contributed by atoms with Gasteiger partial charge in [0.2, 0.25) is 0 Å². The molecule has 0 spiro atoms. The van der Waals surface area contributed by atoms with E-state index in [-0.39, 0.29) is 29.2 Å². The molecule has 4 aliphatic carbocycles. The first kappa shape index (κ1) is 29.0. The van der Waals surface area contributed by atoms with Gasteiger partial charge >= 0.3 is 0 Å². The van der Waals surface area contributed by atoms with Gasteiger partial charge in [-0.25, -0.2) is 4.39 Å². The molecule has 0 radical (unpaired) electrons. The largest absolute Gasteiger partial charge is 0.392 e. The smallest absolute Gasteiger partial charge is 0.186 e. The Kier molecular flexibility index (Phi) is 7.42. The maximum Gasteiger partial charge on any atom is 0.186 e. The number of aliphatic hydroxyl groups is 4. The first-order valence-electron chi connectivity index (χ1n) is 15.3. The summed E-state index contributed by atoms with van der Waals surface area (Å²) in [5.41, 5.74) is -0.471. The van der Waals surface area contributed by atoms with Crippen molar-refractivity contribution in [1.29, 1.82) is 0 Å². The molecule has 7 nitrogen and oxygen atoms in total. The number of rotatable bonds is 4. The lowest BCUT2D eigenvalue weighted by atomic mass is 9.43. The van der Waals surface area contributed by atoms with Gasteiger partial charge in [0.05, 0.1) is 23.9 Å². The molecule has 5 aliphatic rings. The van der Waals surface area contributed by atoms with Crippen LogP contribution in [0.15, 0.2) is 24.3 Å². The van der Waals surface area contributed by atoms with E-state index in [1.807, 2.05) is 0 Å². The zero-order valence-corrected chi connectivity index (χ0v) is 24.2. The standard InChI is InChI=1S/C32H47FO7/c1-17-26(35)28(38-4)27(36)29(39-17)40-21-11-13-30(2)19(15-21)7-10-23-22(30)12-14-31(3)25(24(34)16-32(23,31)37)18-5-8-20(33)9-6-18/h5-6,8-9,17,19,21-29,34-37H,7,10-16H2,1-4H3/t17-,19?,21?,22-,23-,24?,25?,26-,27-,28+,29+,30+,31-,32-/m1/s1. The molecule has 0 amide bonds. The van der Waals surface area contributed by atoms with E-state index in [2.05, 4.69) is 13.8 Å². The van der Waals surface area contributed by atoms with Gasteiger partial charge in [-0.1, -0.05) is 26.0 Å². The highest BCUT2D eigenvalue weighted by Crippen LogP contribution is 2.70. The summed E-state index contributed by atoms with van der Waals surface area (Å²) < 4.78 is 31.2. The first-order chi connectivity index (χ1) is 18.9. The second-order valence-corrected chi connectivity index (χ2v) is 14.1. The highest BCUT2D eigenvalue weighted by Gasteiger charge is 2.69. The van der Waals surface area contributed by atoms with Crippen molar-refractivity contribution >= 4 is 0 Å². The SMILES string of the molecule is CO[C@@H]1[C@@H](O)[C@H](OC2CC[C@@]3(C)C(CC[C@@H]4[C@H]3CC[C@]3(C)C(c5ccc(F)cc5)C(O)C[C@@]43O)C2)O[C@H](C)[C@H]1O. The molecule has 5 fully saturated rings. The molecular weight excluding hydrogens is 515 g/mol. The Bertz CT molecular complexity index is 1070. The quantitative estimate of drug-likeness (QED) is 0.412. The van der Waals surface area contributed by atoms with Crippen LogP contribution >= 0.6 is 0 Å². The number of aliphatic hydroxyl groups excluding tert-OH is 3. The van der Waals surface area contributed by atoms with E-state index in [0.717, 1.165) is 50.5 Å². The van der Waals surface area contributed by atoms with E-state index >= 15 is 0 Å². The summed E-state index contributed by atoms with van der Waals surface area (Å²) in [6.45, 7) is 6.30. The number of halogens is 1. The number of ether oxygens (including phenoxy) is 3. The van der Waals surface area contributed by atoms with Crippen LogP contribution in [0.2, 0.25) is 0 Å². The average Bonchev–Trinajstić information content (AvgIpc) is 3.13.